The van der Waals surface area contributed by atoms with E-state index in [0.29, 0.717) is 17.5 Å². The molecule has 6 heteroatoms. The van der Waals surface area contributed by atoms with E-state index in [2.05, 4.69) is 310 Å². The first-order chi connectivity index (χ1) is 43.9. The van der Waals surface area contributed by atoms with Gasteiger partial charge in [-0.25, -0.2) is 15.0 Å². The summed E-state index contributed by atoms with van der Waals surface area (Å²) < 4.78 is 7.29. The normalized spacial score (nSPS) is 14.6. The van der Waals surface area contributed by atoms with E-state index in [9.17, 15) is 0 Å². The van der Waals surface area contributed by atoms with Gasteiger partial charge in [-0.1, -0.05) is 181 Å². The van der Waals surface area contributed by atoms with Crippen LogP contribution in [0.15, 0.2) is 255 Å². The Morgan fingerprint density at radius 3 is 0.922 bits per heavy atom. The summed E-state index contributed by atoms with van der Waals surface area (Å²) >= 11 is 0. The van der Waals surface area contributed by atoms with E-state index in [-0.39, 0.29) is 16.2 Å². The fourth-order valence-corrected chi connectivity index (χ4v) is 16.4. The second-order valence-electron chi connectivity index (χ2n) is 26.8. The number of fused-ring (bicyclic) bond motifs is 18. The molecule has 4 aromatic heterocycles. The average Bonchev–Trinajstić information content (AvgIpc) is 1.58. The Morgan fingerprint density at radius 2 is 0.544 bits per heavy atom. The summed E-state index contributed by atoms with van der Waals surface area (Å²) in [5.41, 5.74) is 28.6. The average molecular weight is 1150 g/mol. The Kier molecular flexibility index (Phi) is 10.3. The van der Waals surface area contributed by atoms with Crippen LogP contribution in [0.2, 0.25) is 0 Å². The lowest BCUT2D eigenvalue weighted by Crippen LogP contribution is -2.15. The van der Waals surface area contributed by atoms with Gasteiger partial charge in [0.05, 0.1) is 33.1 Å². The van der Waals surface area contributed by atoms with Crippen LogP contribution >= 0.6 is 0 Å². The van der Waals surface area contributed by atoms with Crippen molar-refractivity contribution in [2.45, 2.75) is 57.8 Å². The number of nitrogens with zero attached hydrogens (tertiary/aromatic N) is 6. The predicted molar refractivity (Wildman–Crippen MR) is 372 cm³/mol. The zero-order valence-corrected chi connectivity index (χ0v) is 50.9. The van der Waals surface area contributed by atoms with Crippen LogP contribution in [0.3, 0.4) is 0 Å². The zero-order valence-electron chi connectivity index (χ0n) is 50.9. The van der Waals surface area contributed by atoms with Gasteiger partial charge in [0.15, 0.2) is 17.5 Å². The zero-order chi connectivity index (χ0) is 60.1. The molecule has 90 heavy (non-hydrogen) atoms. The highest BCUT2D eigenvalue weighted by Crippen LogP contribution is 2.54. The molecule has 0 unspecified atom stereocenters. The van der Waals surface area contributed by atoms with Gasteiger partial charge in [-0.15, -0.1) is 0 Å². The Labute approximate surface area is 521 Å². The van der Waals surface area contributed by atoms with E-state index in [0.717, 1.165) is 39.3 Å². The number of rotatable bonds is 6. The molecule has 12 aromatic carbocycles. The van der Waals surface area contributed by atoms with Crippen LogP contribution < -0.4 is 0 Å². The van der Waals surface area contributed by atoms with Crippen LogP contribution in [0.1, 0.15) is 74.9 Å². The molecule has 0 atom stereocenters. The van der Waals surface area contributed by atoms with Gasteiger partial charge in [0.2, 0.25) is 0 Å². The van der Waals surface area contributed by atoms with Crippen LogP contribution in [0.4, 0.5) is 0 Å². The van der Waals surface area contributed by atoms with Gasteiger partial charge in [-0.05, 0) is 182 Å². The van der Waals surface area contributed by atoms with Gasteiger partial charge in [0.1, 0.15) is 0 Å². The van der Waals surface area contributed by atoms with Crippen molar-refractivity contribution in [3.05, 3.63) is 288 Å². The number of hydrogen-bond donors (Lipinski definition) is 0. The van der Waals surface area contributed by atoms with Gasteiger partial charge < -0.3 is 13.7 Å². The molecule has 16 aromatic rings. The Morgan fingerprint density at radius 1 is 0.222 bits per heavy atom. The van der Waals surface area contributed by atoms with E-state index in [1.54, 1.807) is 0 Å². The molecule has 6 nitrogen and oxygen atoms in total. The third kappa shape index (κ3) is 6.96. The third-order valence-corrected chi connectivity index (χ3v) is 20.9. The maximum Gasteiger partial charge on any atom is 0.164 e. The van der Waals surface area contributed by atoms with E-state index in [4.69, 9.17) is 15.0 Å². The Balaban J connectivity index is 0.765. The molecule has 0 bridgehead atoms. The molecule has 3 aliphatic carbocycles. The number of hydrogen-bond acceptors (Lipinski definition) is 3. The number of para-hydroxylation sites is 3. The summed E-state index contributed by atoms with van der Waals surface area (Å²) in [6.45, 7) is 14.2. The topological polar surface area (TPSA) is 53.5 Å². The molecule has 19 rings (SSSR count). The van der Waals surface area contributed by atoms with Gasteiger partial charge in [0.25, 0.3) is 0 Å². The minimum Gasteiger partial charge on any atom is -0.309 e. The van der Waals surface area contributed by atoms with Crippen molar-refractivity contribution in [3.63, 3.8) is 0 Å². The van der Waals surface area contributed by atoms with Crippen molar-refractivity contribution >= 4 is 65.4 Å². The molecule has 0 saturated heterocycles. The summed E-state index contributed by atoms with van der Waals surface area (Å²) in [6.07, 6.45) is 0. The highest BCUT2D eigenvalue weighted by molar-refractivity contribution is 6.14. The predicted octanol–water partition coefficient (Wildman–Crippen LogP) is 21.1. The Bertz CT molecular complexity index is 5560. The van der Waals surface area contributed by atoms with Crippen molar-refractivity contribution in [1.82, 2.24) is 28.7 Å². The monoisotopic (exact) mass is 1150 g/mol. The van der Waals surface area contributed by atoms with Crippen molar-refractivity contribution in [1.29, 1.82) is 0 Å². The summed E-state index contributed by atoms with van der Waals surface area (Å²) in [5.74, 6) is 1.80. The molecule has 3 aliphatic rings. The standard InChI is InChI=1S/C84H60N6/c1-82(2)67-28-13-7-22-55(67)61-43-64-58-25-10-16-31-73(58)88(76(64)46-70(61)82)52-38-34-49(35-39-52)79-85-80(50-36-40-53(41-37-50)89-74-32-17-11-26-59(74)65-44-62-56-23-8-14-29-68(56)83(3,4)71(62)47-77(65)89)87-81(86-79)51-20-19-21-54(42-51)90-75-33-18-12-27-60(75)66-45-63-57-24-9-15-30-69(57)84(5,6)72(63)48-78(66)90/h7-48H,1-6H3. The summed E-state index contributed by atoms with van der Waals surface area (Å²) in [6, 6.07) is 94.2. The van der Waals surface area contributed by atoms with E-state index in [1.807, 2.05) is 0 Å². The molecule has 0 fully saturated rings. The van der Waals surface area contributed by atoms with Gasteiger partial charge >= 0.3 is 0 Å². The molecule has 0 radical (unpaired) electrons. The van der Waals surface area contributed by atoms with Crippen LogP contribution in [0, 0.1) is 0 Å². The third-order valence-electron chi connectivity index (χ3n) is 20.9. The highest BCUT2D eigenvalue weighted by atomic mass is 15.0. The highest BCUT2D eigenvalue weighted by Gasteiger charge is 2.39. The quantitative estimate of drug-likeness (QED) is 0.167. The molecular weight excluding hydrogens is 1090 g/mol. The molecule has 0 aliphatic heterocycles. The SMILES string of the molecule is CC1(C)c2ccccc2-c2cc3c4ccccc4n(-c4ccc(-c5nc(-c6ccc(-n7c8ccccc8c8cc9c(cc87)C(C)(C)c7ccccc7-9)cc6)nc(-c6cccc(-n7c8ccccc8c8cc9c(cc87)C(C)(C)c7ccccc7-9)c6)n5)cc4)c3cc21. The Hall–Kier alpha value is -11.0. The smallest absolute Gasteiger partial charge is 0.164 e. The molecular formula is C84H60N6. The lowest BCUT2D eigenvalue weighted by Gasteiger charge is -2.21. The molecule has 0 spiro atoms. The maximum absolute atomic E-state index is 5.44. The van der Waals surface area contributed by atoms with Crippen molar-refractivity contribution < 1.29 is 0 Å². The van der Waals surface area contributed by atoms with Gasteiger partial charge in [-0.2, -0.15) is 0 Å². The van der Waals surface area contributed by atoms with Crippen molar-refractivity contribution in [2.24, 2.45) is 0 Å². The number of benzene rings is 12. The first kappa shape index (κ1) is 51.1. The van der Waals surface area contributed by atoms with E-state index in [1.165, 1.54) is 127 Å². The summed E-state index contributed by atoms with van der Waals surface area (Å²) in [4.78, 5) is 16.3. The molecule has 4 heterocycles. The number of aromatic nitrogens is 6. The van der Waals surface area contributed by atoms with Gasteiger partial charge in [0, 0.05) is 82.3 Å². The van der Waals surface area contributed by atoms with Crippen LogP contribution in [-0.4, -0.2) is 28.7 Å². The second kappa shape index (κ2) is 18.1. The largest absolute Gasteiger partial charge is 0.309 e. The van der Waals surface area contributed by atoms with Crippen LogP contribution in [-0.2, 0) is 16.2 Å². The minimum atomic E-state index is -0.154. The van der Waals surface area contributed by atoms with Gasteiger partial charge in [-0.3, -0.25) is 0 Å². The maximum atomic E-state index is 5.44. The summed E-state index contributed by atoms with van der Waals surface area (Å²) in [7, 11) is 0. The molecule has 426 valence electrons. The minimum absolute atomic E-state index is 0.136. The fraction of sp³-hybridized carbons (Fsp3) is 0.107. The molecule has 0 amide bonds. The lowest BCUT2D eigenvalue weighted by atomic mass is 9.82. The summed E-state index contributed by atoms with van der Waals surface area (Å²) in [5, 5.41) is 7.42. The molecule has 0 N–H and O–H groups in total. The van der Waals surface area contributed by atoms with Crippen LogP contribution in [0.5, 0.6) is 0 Å². The first-order valence-corrected chi connectivity index (χ1v) is 31.5. The molecule has 0 saturated carbocycles. The van der Waals surface area contributed by atoms with Crippen LogP contribution in [0.25, 0.3) is 150 Å². The first-order valence-electron chi connectivity index (χ1n) is 31.5. The lowest BCUT2D eigenvalue weighted by molar-refractivity contribution is 0.661. The van der Waals surface area contributed by atoms with E-state index >= 15 is 0 Å². The van der Waals surface area contributed by atoms with Crippen molar-refractivity contribution in [3.8, 4) is 84.6 Å². The van der Waals surface area contributed by atoms with E-state index < -0.39 is 0 Å². The fourth-order valence-electron chi connectivity index (χ4n) is 16.4. The van der Waals surface area contributed by atoms with Crippen molar-refractivity contribution in [2.75, 3.05) is 0 Å². The second-order valence-corrected chi connectivity index (χ2v) is 26.8.